The predicted molar refractivity (Wildman–Crippen MR) is 127 cm³/mol. The van der Waals surface area contributed by atoms with Crippen molar-refractivity contribution in [3.8, 4) is 5.75 Å². The molecule has 0 N–H and O–H groups in total. The van der Waals surface area contributed by atoms with Gasteiger partial charge in [-0.3, -0.25) is 9.69 Å². The van der Waals surface area contributed by atoms with Crippen LogP contribution in [0.4, 0.5) is 18.9 Å². The molecular weight excluding hydrogens is 449 g/mol. The summed E-state index contributed by atoms with van der Waals surface area (Å²) in [6.07, 6.45) is -2.80. The van der Waals surface area contributed by atoms with Gasteiger partial charge in [0.2, 0.25) is 5.91 Å². The fraction of sp³-hybridized carbons (Fsp3) is 0.440. The first kappa shape index (κ1) is 25.1. The Bertz CT molecular complexity index is 982. The maximum atomic E-state index is 13.0. The van der Waals surface area contributed by atoms with Gasteiger partial charge in [-0.1, -0.05) is 50.7 Å². The maximum absolute atomic E-state index is 13.0. The van der Waals surface area contributed by atoms with Crippen LogP contribution in [0.1, 0.15) is 51.2 Å². The van der Waals surface area contributed by atoms with E-state index in [1.165, 1.54) is 29.5 Å². The first-order valence-electron chi connectivity index (χ1n) is 11.0. The normalized spacial score (nSPS) is 16.2. The van der Waals surface area contributed by atoms with Crippen LogP contribution in [-0.4, -0.2) is 34.9 Å². The van der Waals surface area contributed by atoms with Gasteiger partial charge < -0.3 is 4.74 Å². The van der Waals surface area contributed by atoms with E-state index in [9.17, 15) is 18.0 Å². The van der Waals surface area contributed by atoms with Crippen LogP contribution in [-0.2, 0) is 16.4 Å². The Hall–Kier alpha value is -2.48. The lowest BCUT2D eigenvalue weighted by Gasteiger charge is -2.28. The summed E-state index contributed by atoms with van der Waals surface area (Å²) in [6, 6.07) is 12.8. The maximum Gasteiger partial charge on any atom is 0.416 e. The number of thioether (sulfide) groups is 1. The van der Waals surface area contributed by atoms with Gasteiger partial charge in [-0.15, -0.1) is 0 Å². The summed E-state index contributed by atoms with van der Waals surface area (Å²) in [5, 5.41) is 0.448. The second kappa shape index (κ2) is 10.6. The largest absolute Gasteiger partial charge is 0.494 e. The summed E-state index contributed by atoms with van der Waals surface area (Å²) in [5.41, 5.74) is 0.732. The molecule has 0 bridgehead atoms. The number of alkyl halides is 3. The van der Waals surface area contributed by atoms with Gasteiger partial charge in [0, 0.05) is 18.7 Å². The van der Waals surface area contributed by atoms with E-state index in [0.29, 0.717) is 24.7 Å². The molecular formula is C25H29F3N2O2S. The molecule has 0 unspecified atom stereocenters. The molecule has 0 radical (unpaired) electrons. The summed E-state index contributed by atoms with van der Waals surface area (Å²) in [7, 11) is 0. The Morgan fingerprint density at radius 1 is 1.09 bits per heavy atom. The van der Waals surface area contributed by atoms with E-state index >= 15 is 0 Å². The molecule has 8 heteroatoms. The van der Waals surface area contributed by atoms with Gasteiger partial charge in [0.15, 0.2) is 5.17 Å². The van der Waals surface area contributed by atoms with Crippen LogP contribution in [0.15, 0.2) is 53.5 Å². The number of carbonyl (C=O) groups is 1. The average molecular weight is 479 g/mol. The van der Waals surface area contributed by atoms with Crippen LogP contribution in [0, 0.1) is 0 Å². The van der Waals surface area contributed by atoms with Crippen molar-refractivity contribution in [3.63, 3.8) is 0 Å². The molecule has 0 atom stereocenters. The van der Waals surface area contributed by atoms with Gasteiger partial charge in [0.05, 0.1) is 17.9 Å². The van der Waals surface area contributed by atoms with Crippen LogP contribution < -0.4 is 4.74 Å². The van der Waals surface area contributed by atoms with Crippen molar-refractivity contribution >= 4 is 28.5 Å². The number of rotatable bonds is 6. The average Bonchev–Trinajstić information content (AvgIpc) is 2.76. The number of hydrogen-bond donors (Lipinski definition) is 0. The lowest BCUT2D eigenvalue weighted by Crippen LogP contribution is -2.39. The summed E-state index contributed by atoms with van der Waals surface area (Å²) >= 11 is 1.39. The van der Waals surface area contributed by atoms with E-state index in [-0.39, 0.29) is 23.4 Å². The van der Waals surface area contributed by atoms with E-state index in [1.807, 2.05) is 24.3 Å². The smallest absolute Gasteiger partial charge is 0.416 e. The number of hydrogen-bond acceptors (Lipinski definition) is 4. The topological polar surface area (TPSA) is 41.9 Å². The Balaban J connectivity index is 1.56. The van der Waals surface area contributed by atoms with Gasteiger partial charge in [0.1, 0.15) is 5.75 Å². The minimum absolute atomic E-state index is 0.0741. The van der Waals surface area contributed by atoms with Gasteiger partial charge in [-0.2, -0.15) is 13.2 Å². The molecule has 1 amide bonds. The van der Waals surface area contributed by atoms with Crippen molar-refractivity contribution in [2.75, 3.05) is 18.9 Å². The fourth-order valence-corrected chi connectivity index (χ4v) is 4.32. The van der Waals surface area contributed by atoms with Crippen molar-refractivity contribution < 1.29 is 22.7 Å². The number of carbonyl (C=O) groups excluding carboxylic acids is 1. The standard InChI is InChI=1S/C25H29F3N2O2S/c1-24(2,3)18-10-12-21(13-11-18)32-15-5-9-22(31)30-14-6-16-33-23(30)29-20-8-4-7-19(17-20)25(26,27)28/h4,7-8,10-13,17H,5-6,9,14-16H2,1-3H3. The van der Waals surface area contributed by atoms with E-state index in [4.69, 9.17) is 4.74 Å². The second-order valence-electron chi connectivity index (χ2n) is 8.92. The predicted octanol–water partition coefficient (Wildman–Crippen LogP) is 6.82. The molecule has 3 rings (SSSR count). The van der Waals surface area contributed by atoms with Crippen LogP contribution in [0.5, 0.6) is 5.75 Å². The first-order chi connectivity index (χ1) is 15.5. The van der Waals surface area contributed by atoms with Crippen molar-refractivity contribution in [1.82, 2.24) is 4.90 Å². The molecule has 33 heavy (non-hydrogen) atoms. The lowest BCUT2D eigenvalue weighted by atomic mass is 9.87. The Kier molecular flexibility index (Phi) is 8.10. The quantitative estimate of drug-likeness (QED) is 0.428. The highest BCUT2D eigenvalue weighted by Gasteiger charge is 2.30. The number of benzene rings is 2. The number of aliphatic imine (C=N–C) groups is 1. The monoisotopic (exact) mass is 478 g/mol. The van der Waals surface area contributed by atoms with E-state index < -0.39 is 11.7 Å². The zero-order chi connectivity index (χ0) is 24.1. The number of ether oxygens (including phenoxy) is 1. The third kappa shape index (κ3) is 7.25. The minimum atomic E-state index is -4.43. The Labute approximate surface area is 197 Å². The van der Waals surface area contributed by atoms with Gasteiger partial charge in [0.25, 0.3) is 0 Å². The molecule has 178 valence electrons. The van der Waals surface area contributed by atoms with Crippen LogP contribution in [0.2, 0.25) is 0 Å². The number of halogens is 3. The summed E-state index contributed by atoms with van der Waals surface area (Å²) in [5.74, 6) is 1.44. The van der Waals surface area contributed by atoms with Crippen molar-refractivity contribution in [3.05, 3.63) is 59.7 Å². The molecule has 0 saturated carbocycles. The van der Waals surface area contributed by atoms with Gasteiger partial charge in [-0.25, -0.2) is 4.99 Å². The Morgan fingerprint density at radius 2 is 1.82 bits per heavy atom. The summed E-state index contributed by atoms with van der Waals surface area (Å²) in [4.78, 5) is 18.7. The highest BCUT2D eigenvalue weighted by atomic mass is 32.2. The molecule has 1 aliphatic heterocycles. The van der Waals surface area contributed by atoms with Crippen LogP contribution in [0.25, 0.3) is 0 Å². The van der Waals surface area contributed by atoms with Crippen LogP contribution >= 0.6 is 11.8 Å². The van der Waals surface area contributed by atoms with E-state index in [0.717, 1.165) is 30.1 Å². The van der Waals surface area contributed by atoms with Crippen LogP contribution in [0.3, 0.4) is 0 Å². The molecule has 0 aromatic heterocycles. The highest BCUT2D eigenvalue weighted by molar-refractivity contribution is 8.13. The highest BCUT2D eigenvalue weighted by Crippen LogP contribution is 2.32. The van der Waals surface area contributed by atoms with E-state index in [2.05, 4.69) is 25.8 Å². The summed E-state index contributed by atoms with van der Waals surface area (Å²) in [6.45, 7) is 7.37. The number of amidine groups is 1. The first-order valence-corrected chi connectivity index (χ1v) is 11.9. The van der Waals surface area contributed by atoms with Crippen molar-refractivity contribution in [2.24, 2.45) is 4.99 Å². The van der Waals surface area contributed by atoms with Crippen molar-refractivity contribution in [1.29, 1.82) is 0 Å². The molecule has 0 spiro atoms. The third-order valence-corrected chi connectivity index (χ3v) is 6.27. The zero-order valence-corrected chi connectivity index (χ0v) is 19.9. The Morgan fingerprint density at radius 3 is 2.48 bits per heavy atom. The van der Waals surface area contributed by atoms with E-state index in [1.54, 1.807) is 4.90 Å². The molecule has 1 fully saturated rings. The molecule has 2 aromatic carbocycles. The van der Waals surface area contributed by atoms with Gasteiger partial charge >= 0.3 is 6.18 Å². The second-order valence-corrected chi connectivity index (χ2v) is 9.98. The molecule has 4 nitrogen and oxygen atoms in total. The molecule has 0 aliphatic carbocycles. The van der Waals surface area contributed by atoms with Gasteiger partial charge in [-0.05, 0) is 54.2 Å². The number of nitrogens with zero attached hydrogens (tertiary/aromatic N) is 2. The molecule has 1 saturated heterocycles. The summed E-state index contributed by atoms with van der Waals surface area (Å²) < 4.78 is 44.7. The molecule has 1 aliphatic rings. The minimum Gasteiger partial charge on any atom is -0.494 e. The third-order valence-electron chi connectivity index (χ3n) is 5.21. The zero-order valence-electron chi connectivity index (χ0n) is 19.1. The van der Waals surface area contributed by atoms with Crippen molar-refractivity contribution in [2.45, 2.75) is 51.6 Å². The fourth-order valence-electron chi connectivity index (χ4n) is 3.35. The SMILES string of the molecule is CC(C)(C)c1ccc(OCCCC(=O)N2CCCSC2=Nc2cccc(C(F)(F)F)c2)cc1. The molecule has 2 aromatic rings. The molecule has 1 heterocycles. The number of amides is 1. The lowest BCUT2D eigenvalue weighted by molar-refractivity contribution is -0.137.